The Morgan fingerprint density at radius 3 is 2.68 bits per heavy atom. The van der Waals surface area contributed by atoms with Crippen LogP contribution < -0.4 is 4.90 Å². The molecule has 0 amide bonds. The zero-order valence-corrected chi connectivity index (χ0v) is 14.4. The maximum absolute atomic E-state index is 12.3. The number of piperidine rings is 1. The minimum Gasteiger partial charge on any atom is -0.452 e. The Morgan fingerprint density at radius 2 is 2.08 bits per heavy atom. The van der Waals surface area contributed by atoms with Crippen molar-refractivity contribution in [3.8, 4) is 6.07 Å². The molecule has 0 N–H and O–H groups in total. The monoisotopic (exact) mass is 345 g/mol. The summed E-state index contributed by atoms with van der Waals surface area (Å²) in [6.07, 6.45) is 0.645. The molecule has 9 heteroatoms. The van der Waals surface area contributed by atoms with Gasteiger partial charge in [-0.1, -0.05) is 5.16 Å². The van der Waals surface area contributed by atoms with Crippen LogP contribution in [0.25, 0.3) is 0 Å². The van der Waals surface area contributed by atoms with E-state index in [0.717, 1.165) is 0 Å². The first-order chi connectivity index (χ1) is 12.0. The van der Waals surface area contributed by atoms with Gasteiger partial charge in [0, 0.05) is 20.0 Å². The highest BCUT2D eigenvalue weighted by atomic mass is 16.6. The number of nitriles is 1. The molecule has 3 heterocycles. The highest BCUT2D eigenvalue weighted by molar-refractivity contribution is 5.73. The third-order valence-electron chi connectivity index (χ3n) is 4.12. The Hall–Kier alpha value is -2.89. The molecule has 0 aliphatic carbocycles. The second-order valence-electron chi connectivity index (χ2n) is 6.02. The van der Waals surface area contributed by atoms with Gasteiger partial charge >= 0.3 is 5.97 Å². The molecular weight excluding hydrogens is 326 g/mol. The Balaban J connectivity index is 1.56. The van der Waals surface area contributed by atoms with E-state index in [0.29, 0.717) is 49.4 Å². The van der Waals surface area contributed by atoms with Crippen molar-refractivity contribution in [3.63, 3.8) is 0 Å². The lowest BCUT2D eigenvalue weighted by Gasteiger charge is -2.30. The van der Waals surface area contributed by atoms with Gasteiger partial charge < -0.3 is 18.6 Å². The molecule has 25 heavy (non-hydrogen) atoms. The molecule has 2 aromatic rings. The third kappa shape index (κ3) is 3.63. The van der Waals surface area contributed by atoms with E-state index in [1.807, 2.05) is 11.0 Å². The van der Waals surface area contributed by atoms with E-state index in [1.54, 1.807) is 20.8 Å². The summed E-state index contributed by atoms with van der Waals surface area (Å²) >= 11 is 0. The summed E-state index contributed by atoms with van der Waals surface area (Å²) in [5.74, 6) is 1.23. The zero-order chi connectivity index (χ0) is 18.0. The fraction of sp³-hybridized carbons (Fsp3) is 0.562. The summed E-state index contributed by atoms with van der Waals surface area (Å²) < 4.78 is 16.0. The Labute approximate surface area is 144 Å². The van der Waals surface area contributed by atoms with E-state index >= 15 is 0 Å². The molecule has 132 valence electrons. The number of anilines is 1. The summed E-state index contributed by atoms with van der Waals surface area (Å²) in [4.78, 5) is 22.4. The Bertz CT molecular complexity index is 798. The number of nitrogens with zero attached hydrogens (tertiary/aromatic N) is 5. The van der Waals surface area contributed by atoms with E-state index in [1.165, 1.54) is 0 Å². The van der Waals surface area contributed by atoms with Gasteiger partial charge in [0.1, 0.15) is 6.07 Å². The average Bonchev–Trinajstić information content (AvgIpc) is 3.20. The van der Waals surface area contributed by atoms with E-state index in [9.17, 15) is 4.79 Å². The Kier molecular flexibility index (Phi) is 4.70. The second-order valence-corrected chi connectivity index (χ2v) is 6.02. The third-order valence-corrected chi connectivity index (χ3v) is 4.12. The summed E-state index contributed by atoms with van der Waals surface area (Å²) in [5.41, 5.74) is 0.277. The smallest absolute Gasteiger partial charge is 0.309 e. The molecule has 3 rings (SSSR count). The number of ether oxygens (including phenoxy) is 1. The van der Waals surface area contributed by atoms with E-state index < -0.39 is 6.10 Å². The lowest BCUT2D eigenvalue weighted by molar-refractivity contribution is -0.155. The van der Waals surface area contributed by atoms with Gasteiger partial charge in [0.25, 0.3) is 5.89 Å². The predicted molar refractivity (Wildman–Crippen MR) is 84.4 cm³/mol. The zero-order valence-electron chi connectivity index (χ0n) is 14.4. The van der Waals surface area contributed by atoms with Crippen molar-refractivity contribution in [2.75, 3.05) is 18.0 Å². The molecule has 0 radical (unpaired) electrons. The van der Waals surface area contributed by atoms with Gasteiger partial charge in [0.15, 0.2) is 17.8 Å². The number of aromatic nitrogens is 3. The number of carbonyl (C=O) groups is 1. The van der Waals surface area contributed by atoms with Crippen molar-refractivity contribution >= 4 is 11.9 Å². The van der Waals surface area contributed by atoms with Gasteiger partial charge in [0.05, 0.1) is 5.92 Å². The lowest BCUT2D eigenvalue weighted by atomic mass is 9.97. The van der Waals surface area contributed by atoms with Crippen LogP contribution in [-0.2, 0) is 9.53 Å². The summed E-state index contributed by atoms with van der Waals surface area (Å²) in [5, 5.41) is 12.8. The van der Waals surface area contributed by atoms with Crippen LogP contribution in [0, 0.1) is 31.1 Å². The number of aryl methyl sites for hydroxylation is 2. The largest absolute Gasteiger partial charge is 0.452 e. The van der Waals surface area contributed by atoms with Gasteiger partial charge in [-0.2, -0.15) is 10.2 Å². The summed E-state index contributed by atoms with van der Waals surface area (Å²) in [6.45, 7) is 6.30. The molecule has 1 aliphatic heterocycles. The highest BCUT2D eigenvalue weighted by Gasteiger charge is 2.31. The predicted octanol–water partition coefficient (Wildman–Crippen LogP) is 2.07. The van der Waals surface area contributed by atoms with Gasteiger partial charge in [0.2, 0.25) is 11.6 Å². The molecule has 0 spiro atoms. The van der Waals surface area contributed by atoms with Gasteiger partial charge in [-0.05, 0) is 26.7 Å². The Morgan fingerprint density at radius 1 is 1.36 bits per heavy atom. The first-order valence-corrected chi connectivity index (χ1v) is 8.11. The molecule has 0 saturated carbocycles. The maximum Gasteiger partial charge on any atom is 0.309 e. The molecule has 1 saturated heterocycles. The number of hydrogen-bond donors (Lipinski definition) is 0. The van der Waals surface area contributed by atoms with Crippen LogP contribution in [0.1, 0.15) is 49.2 Å². The van der Waals surface area contributed by atoms with Crippen molar-refractivity contribution < 1.29 is 18.5 Å². The van der Waals surface area contributed by atoms with Gasteiger partial charge in [-0.3, -0.25) is 4.79 Å². The van der Waals surface area contributed by atoms with Crippen LogP contribution in [-0.4, -0.2) is 34.2 Å². The minimum absolute atomic E-state index is 0.211. The van der Waals surface area contributed by atoms with Crippen LogP contribution in [0.3, 0.4) is 0 Å². The highest BCUT2D eigenvalue weighted by Crippen LogP contribution is 2.28. The van der Waals surface area contributed by atoms with Crippen molar-refractivity contribution in [3.05, 3.63) is 23.3 Å². The van der Waals surface area contributed by atoms with Gasteiger partial charge in [-0.15, -0.1) is 0 Å². The summed E-state index contributed by atoms with van der Waals surface area (Å²) in [6, 6.07) is 2.03. The maximum atomic E-state index is 12.3. The lowest BCUT2D eigenvalue weighted by Crippen LogP contribution is -2.37. The molecule has 1 aliphatic rings. The standard InChI is InChI=1S/C16H19N5O4/c1-9(14-18-10(2)20-25-14)23-16(22)12-4-6-21(7-5-12)15-13(8-17)19-11(3)24-15/h9,12H,4-7H2,1-3H3/t9-/m0/s1. The fourth-order valence-electron chi connectivity index (χ4n) is 2.82. The average molecular weight is 345 g/mol. The summed E-state index contributed by atoms with van der Waals surface area (Å²) in [7, 11) is 0. The molecule has 0 aromatic carbocycles. The van der Waals surface area contributed by atoms with Crippen LogP contribution in [0.5, 0.6) is 0 Å². The topological polar surface area (TPSA) is 118 Å². The SMILES string of the molecule is Cc1noc([C@H](C)OC(=O)C2CCN(c3oc(C)nc3C#N)CC2)n1. The van der Waals surface area contributed by atoms with Crippen LogP contribution in [0.2, 0.25) is 0 Å². The van der Waals surface area contributed by atoms with Gasteiger partial charge in [-0.25, -0.2) is 4.98 Å². The van der Waals surface area contributed by atoms with Crippen LogP contribution in [0.4, 0.5) is 5.88 Å². The number of hydrogen-bond acceptors (Lipinski definition) is 9. The van der Waals surface area contributed by atoms with E-state index in [4.69, 9.17) is 18.9 Å². The van der Waals surface area contributed by atoms with Crippen molar-refractivity contribution in [1.82, 2.24) is 15.1 Å². The second kappa shape index (κ2) is 6.93. The molecule has 0 unspecified atom stereocenters. The van der Waals surface area contributed by atoms with E-state index in [2.05, 4.69) is 15.1 Å². The molecule has 2 aromatic heterocycles. The fourth-order valence-corrected chi connectivity index (χ4v) is 2.82. The number of rotatable bonds is 4. The molecular formula is C16H19N5O4. The van der Waals surface area contributed by atoms with Crippen LogP contribution >= 0.6 is 0 Å². The van der Waals surface area contributed by atoms with Crippen molar-refractivity contribution in [2.24, 2.45) is 5.92 Å². The van der Waals surface area contributed by atoms with Crippen molar-refractivity contribution in [1.29, 1.82) is 5.26 Å². The van der Waals surface area contributed by atoms with Crippen LogP contribution in [0.15, 0.2) is 8.94 Å². The van der Waals surface area contributed by atoms with Crippen molar-refractivity contribution in [2.45, 2.75) is 39.7 Å². The first-order valence-electron chi connectivity index (χ1n) is 8.11. The molecule has 1 fully saturated rings. The molecule has 9 nitrogen and oxygen atoms in total. The molecule has 1 atom stereocenters. The minimum atomic E-state index is -0.575. The first kappa shape index (κ1) is 17.0. The number of esters is 1. The normalized spacial score (nSPS) is 16.5. The number of oxazole rings is 1. The quantitative estimate of drug-likeness (QED) is 0.767. The molecule has 0 bridgehead atoms. The number of carbonyl (C=O) groups excluding carboxylic acids is 1. The van der Waals surface area contributed by atoms with E-state index in [-0.39, 0.29) is 17.6 Å².